The monoisotopic (exact) mass is 250 g/mol. The van der Waals surface area contributed by atoms with Crippen molar-refractivity contribution < 1.29 is 4.79 Å². The molecule has 92 valence electrons. The van der Waals surface area contributed by atoms with E-state index >= 15 is 0 Å². The Kier molecular flexibility index (Phi) is 5.22. The first-order valence-corrected chi connectivity index (χ1v) is 6.41. The standard InChI is InChI=1S/C13H18N2OS/c1-9(2)14-15-13(16)11(4)17-12-7-5-10(3)6-8-12/h5-8,11H,1-4H3,(H,15,16)/t11-/m0/s1. The van der Waals surface area contributed by atoms with E-state index in [0.717, 1.165) is 10.6 Å². The maximum atomic E-state index is 11.7. The Morgan fingerprint density at radius 2 is 1.88 bits per heavy atom. The van der Waals surface area contributed by atoms with Gasteiger partial charge in [-0.1, -0.05) is 17.7 Å². The van der Waals surface area contributed by atoms with Crippen LogP contribution in [-0.2, 0) is 4.79 Å². The van der Waals surface area contributed by atoms with Crippen molar-refractivity contribution in [2.24, 2.45) is 5.10 Å². The number of nitrogens with zero attached hydrogens (tertiary/aromatic N) is 1. The van der Waals surface area contributed by atoms with Gasteiger partial charge in [-0.3, -0.25) is 4.79 Å². The molecule has 0 aliphatic carbocycles. The topological polar surface area (TPSA) is 41.5 Å². The second-order valence-electron chi connectivity index (χ2n) is 4.11. The van der Waals surface area contributed by atoms with Crippen LogP contribution in [0.15, 0.2) is 34.3 Å². The Hall–Kier alpha value is -1.29. The number of hydrazone groups is 1. The second-order valence-corrected chi connectivity index (χ2v) is 5.52. The van der Waals surface area contributed by atoms with Crippen LogP contribution >= 0.6 is 11.8 Å². The molecule has 4 heteroatoms. The van der Waals surface area contributed by atoms with Gasteiger partial charge in [0, 0.05) is 10.6 Å². The number of thioether (sulfide) groups is 1. The molecule has 0 aliphatic heterocycles. The van der Waals surface area contributed by atoms with Crippen LogP contribution in [0, 0.1) is 6.92 Å². The highest BCUT2D eigenvalue weighted by molar-refractivity contribution is 8.00. The summed E-state index contributed by atoms with van der Waals surface area (Å²) in [5.41, 5.74) is 4.60. The number of carbonyl (C=O) groups excluding carboxylic acids is 1. The molecular weight excluding hydrogens is 232 g/mol. The summed E-state index contributed by atoms with van der Waals surface area (Å²) in [6.45, 7) is 7.61. The number of nitrogens with one attached hydrogen (secondary N) is 1. The summed E-state index contributed by atoms with van der Waals surface area (Å²) in [6.07, 6.45) is 0. The normalized spacial score (nSPS) is 11.8. The van der Waals surface area contributed by atoms with Gasteiger partial charge in [0.2, 0.25) is 0 Å². The molecule has 0 saturated carbocycles. The van der Waals surface area contributed by atoms with Gasteiger partial charge in [-0.2, -0.15) is 5.10 Å². The highest BCUT2D eigenvalue weighted by atomic mass is 32.2. The molecule has 0 unspecified atom stereocenters. The number of carbonyl (C=O) groups is 1. The van der Waals surface area contributed by atoms with Crippen LogP contribution in [0.1, 0.15) is 26.3 Å². The summed E-state index contributed by atoms with van der Waals surface area (Å²) in [4.78, 5) is 12.8. The summed E-state index contributed by atoms with van der Waals surface area (Å²) in [6, 6.07) is 8.14. The maximum Gasteiger partial charge on any atom is 0.253 e. The van der Waals surface area contributed by atoms with Crippen molar-refractivity contribution in [3.05, 3.63) is 29.8 Å². The van der Waals surface area contributed by atoms with Crippen molar-refractivity contribution in [2.45, 2.75) is 37.8 Å². The van der Waals surface area contributed by atoms with Crippen molar-refractivity contribution in [1.29, 1.82) is 0 Å². The van der Waals surface area contributed by atoms with Crippen molar-refractivity contribution in [3.8, 4) is 0 Å². The van der Waals surface area contributed by atoms with Gasteiger partial charge in [0.1, 0.15) is 0 Å². The average Bonchev–Trinajstić information content (AvgIpc) is 2.28. The van der Waals surface area contributed by atoms with E-state index in [2.05, 4.69) is 10.5 Å². The van der Waals surface area contributed by atoms with E-state index in [4.69, 9.17) is 0 Å². The Morgan fingerprint density at radius 1 is 1.29 bits per heavy atom. The average molecular weight is 250 g/mol. The van der Waals surface area contributed by atoms with E-state index in [1.807, 2.05) is 52.0 Å². The predicted molar refractivity (Wildman–Crippen MR) is 73.4 cm³/mol. The highest BCUT2D eigenvalue weighted by Gasteiger charge is 2.13. The Bertz CT molecular complexity index is 408. The summed E-state index contributed by atoms with van der Waals surface area (Å²) in [5.74, 6) is -0.0724. The van der Waals surface area contributed by atoms with Crippen LogP contribution in [0.3, 0.4) is 0 Å². The molecule has 0 saturated heterocycles. The number of hydrogen-bond donors (Lipinski definition) is 1. The fourth-order valence-electron chi connectivity index (χ4n) is 1.13. The number of rotatable bonds is 4. The van der Waals surface area contributed by atoms with Gasteiger partial charge in [-0.15, -0.1) is 11.8 Å². The zero-order valence-electron chi connectivity index (χ0n) is 10.7. The number of hydrogen-bond acceptors (Lipinski definition) is 3. The van der Waals surface area contributed by atoms with E-state index in [-0.39, 0.29) is 11.2 Å². The van der Waals surface area contributed by atoms with Crippen molar-refractivity contribution in [1.82, 2.24) is 5.43 Å². The lowest BCUT2D eigenvalue weighted by molar-refractivity contribution is -0.120. The number of amides is 1. The molecule has 17 heavy (non-hydrogen) atoms. The molecule has 1 atom stereocenters. The molecule has 0 aromatic heterocycles. The van der Waals surface area contributed by atoms with Crippen LogP contribution in [-0.4, -0.2) is 16.9 Å². The quantitative estimate of drug-likeness (QED) is 0.507. The van der Waals surface area contributed by atoms with Gasteiger partial charge in [0.25, 0.3) is 5.91 Å². The Labute approximate surface area is 107 Å². The molecular formula is C13H18N2OS. The highest BCUT2D eigenvalue weighted by Crippen LogP contribution is 2.23. The lowest BCUT2D eigenvalue weighted by Gasteiger charge is -2.09. The molecule has 1 rings (SSSR count). The number of benzene rings is 1. The zero-order chi connectivity index (χ0) is 12.8. The molecule has 1 aromatic rings. The maximum absolute atomic E-state index is 11.7. The fourth-order valence-corrected chi connectivity index (χ4v) is 1.99. The SMILES string of the molecule is CC(C)=NNC(=O)[C@H](C)Sc1ccc(C)cc1. The third kappa shape index (κ3) is 5.04. The first-order chi connectivity index (χ1) is 7.99. The molecule has 1 N–H and O–H groups in total. The lowest BCUT2D eigenvalue weighted by Crippen LogP contribution is -2.27. The van der Waals surface area contributed by atoms with E-state index in [0.29, 0.717) is 0 Å². The summed E-state index contributed by atoms with van der Waals surface area (Å²) in [5, 5.41) is 3.75. The molecule has 0 heterocycles. The molecule has 1 aromatic carbocycles. The van der Waals surface area contributed by atoms with Gasteiger partial charge in [0.05, 0.1) is 5.25 Å². The van der Waals surface area contributed by atoms with Gasteiger partial charge in [-0.05, 0) is 39.8 Å². The largest absolute Gasteiger partial charge is 0.272 e. The third-order valence-electron chi connectivity index (χ3n) is 2.09. The van der Waals surface area contributed by atoms with Gasteiger partial charge in [-0.25, -0.2) is 5.43 Å². The minimum atomic E-state index is -0.152. The molecule has 0 radical (unpaired) electrons. The van der Waals surface area contributed by atoms with Gasteiger partial charge >= 0.3 is 0 Å². The molecule has 0 bridgehead atoms. The minimum Gasteiger partial charge on any atom is -0.272 e. The zero-order valence-corrected chi connectivity index (χ0v) is 11.5. The second kappa shape index (κ2) is 6.45. The summed E-state index contributed by atoms with van der Waals surface area (Å²) >= 11 is 1.53. The van der Waals surface area contributed by atoms with Crippen LogP contribution in [0.2, 0.25) is 0 Å². The van der Waals surface area contributed by atoms with Gasteiger partial charge in [0.15, 0.2) is 0 Å². The molecule has 1 amide bonds. The molecule has 0 aliphatic rings. The lowest BCUT2D eigenvalue weighted by atomic mass is 10.2. The smallest absolute Gasteiger partial charge is 0.253 e. The predicted octanol–water partition coefficient (Wildman–Crippen LogP) is 2.99. The van der Waals surface area contributed by atoms with Crippen LogP contribution in [0.4, 0.5) is 0 Å². The minimum absolute atomic E-state index is 0.0724. The molecule has 3 nitrogen and oxygen atoms in total. The van der Waals surface area contributed by atoms with E-state index < -0.39 is 0 Å². The third-order valence-corrected chi connectivity index (χ3v) is 3.20. The molecule has 0 fully saturated rings. The van der Waals surface area contributed by atoms with Crippen LogP contribution in [0.25, 0.3) is 0 Å². The van der Waals surface area contributed by atoms with E-state index in [1.165, 1.54) is 17.3 Å². The van der Waals surface area contributed by atoms with Crippen LogP contribution in [0.5, 0.6) is 0 Å². The Balaban J connectivity index is 2.54. The summed E-state index contributed by atoms with van der Waals surface area (Å²) < 4.78 is 0. The summed E-state index contributed by atoms with van der Waals surface area (Å²) in [7, 11) is 0. The first kappa shape index (κ1) is 13.8. The number of aryl methyl sites for hydroxylation is 1. The van der Waals surface area contributed by atoms with E-state index in [9.17, 15) is 4.79 Å². The van der Waals surface area contributed by atoms with Gasteiger partial charge < -0.3 is 0 Å². The fraction of sp³-hybridized carbons (Fsp3) is 0.385. The molecule has 0 spiro atoms. The van der Waals surface area contributed by atoms with Crippen LogP contribution < -0.4 is 5.43 Å². The van der Waals surface area contributed by atoms with Crippen molar-refractivity contribution >= 4 is 23.4 Å². The van der Waals surface area contributed by atoms with Crippen molar-refractivity contribution in [3.63, 3.8) is 0 Å². The van der Waals surface area contributed by atoms with Crippen molar-refractivity contribution in [2.75, 3.05) is 0 Å². The first-order valence-electron chi connectivity index (χ1n) is 5.53. The Morgan fingerprint density at radius 3 is 2.41 bits per heavy atom. The van der Waals surface area contributed by atoms with E-state index in [1.54, 1.807) is 0 Å².